The number of likely N-dealkylation sites (tertiary alicyclic amines) is 1. The summed E-state index contributed by atoms with van der Waals surface area (Å²) in [5.41, 5.74) is 3.55. The van der Waals surface area contributed by atoms with E-state index in [0.29, 0.717) is 11.5 Å². The minimum atomic E-state index is -0.00565. The summed E-state index contributed by atoms with van der Waals surface area (Å²) in [4.78, 5) is 19.5. The van der Waals surface area contributed by atoms with Crippen molar-refractivity contribution in [2.45, 2.75) is 32.2 Å². The third-order valence-electron chi connectivity index (χ3n) is 5.25. The van der Waals surface area contributed by atoms with Gasteiger partial charge in [0.25, 0.3) is 0 Å². The lowest BCUT2D eigenvalue weighted by molar-refractivity contribution is -0.131. The Morgan fingerprint density at radius 1 is 1.21 bits per heavy atom. The second kappa shape index (κ2) is 7.50. The monoisotopic (exact) mass is 380 g/mol. The maximum absolute atomic E-state index is 13.2. The number of aryl methyl sites for hydroxylation is 1. The van der Waals surface area contributed by atoms with E-state index in [2.05, 4.69) is 10.1 Å². The van der Waals surface area contributed by atoms with Crippen LogP contribution in [0.25, 0.3) is 5.65 Å². The van der Waals surface area contributed by atoms with Crippen molar-refractivity contribution < 1.29 is 14.3 Å². The van der Waals surface area contributed by atoms with Crippen molar-refractivity contribution in [2.24, 2.45) is 0 Å². The normalized spacial score (nSPS) is 16.5. The molecule has 3 aromatic rings. The molecule has 0 radical (unpaired) electrons. The number of ether oxygens (including phenoxy) is 2. The van der Waals surface area contributed by atoms with E-state index in [1.807, 2.05) is 46.7 Å². The van der Waals surface area contributed by atoms with Crippen LogP contribution in [-0.2, 0) is 11.2 Å². The Kier molecular flexibility index (Phi) is 4.90. The van der Waals surface area contributed by atoms with Crippen LogP contribution in [0, 0.1) is 6.92 Å². The molecule has 0 saturated carbocycles. The first kappa shape index (κ1) is 18.3. The van der Waals surface area contributed by atoms with Crippen molar-refractivity contribution >= 4 is 11.6 Å². The molecule has 1 aliphatic heterocycles. The average molecular weight is 380 g/mol. The van der Waals surface area contributed by atoms with Gasteiger partial charge in [-0.1, -0.05) is 0 Å². The molecule has 0 aliphatic carbocycles. The van der Waals surface area contributed by atoms with Crippen LogP contribution in [0.3, 0.4) is 0 Å². The number of nitrogens with zero attached hydrogens (tertiary/aromatic N) is 4. The summed E-state index contributed by atoms with van der Waals surface area (Å²) in [5.74, 6) is 1.48. The molecule has 1 atom stereocenters. The van der Waals surface area contributed by atoms with Gasteiger partial charge in [0, 0.05) is 24.4 Å². The second-order valence-corrected chi connectivity index (χ2v) is 7.03. The minimum absolute atomic E-state index is 0.00565. The van der Waals surface area contributed by atoms with Gasteiger partial charge in [0.2, 0.25) is 5.91 Å². The van der Waals surface area contributed by atoms with Crippen LogP contribution in [0.15, 0.2) is 36.5 Å². The van der Waals surface area contributed by atoms with Crippen LogP contribution in [0.4, 0.5) is 0 Å². The quantitative estimate of drug-likeness (QED) is 0.681. The number of hydrogen-bond acceptors (Lipinski definition) is 5. The standard InChI is InChI=1S/C21H24N4O3/c1-14-11-20-22-9-8-18(25(20)23-14)17-5-4-10-24(17)21(26)13-15-12-16(27-2)6-7-19(15)28-3/h6-9,11-12,17H,4-5,10,13H2,1-3H3. The molecule has 2 aromatic heterocycles. The molecule has 1 fully saturated rings. The highest BCUT2D eigenvalue weighted by molar-refractivity contribution is 5.80. The van der Waals surface area contributed by atoms with Crippen molar-refractivity contribution in [1.82, 2.24) is 19.5 Å². The number of fused-ring (bicyclic) bond motifs is 1. The fourth-order valence-electron chi connectivity index (χ4n) is 3.94. The summed E-state index contributed by atoms with van der Waals surface area (Å²) in [6.45, 7) is 2.69. The summed E-state index contributed by atoms with van der Waals surface area (Å²) in [6, 6.07) is 9.44. The molecule has 1 saturated heterocycles. The van der Waals surface area contributed by atoms with E-state index >= 15 is 0 Å². The Morgan fingerprint density at radius 3 is 2.86 bits per heavy atom. The zero-order chi connectivity index (χ0) is 19.7. The molecule has 1 aliphatic rings. The Labute approximate surface area is 163 Å². The number of amides is 1. The van der Waals surface area contributed by atoms with E-state index in [4.69, 9.17) is 9.47 Å². The number of hydrogen-bond donors (Lipinski definition) is 0. The highest BCUT2D eigenvalue weighted by Crippen LogP contribution is 2.33. The number of methoxy groups -OCH3 is 2. The van der Waals surface area contributed by atoms with E-state index in [-0.39, 0.29) is 18.4 Å². The lowest BCUT2D eigenvalue weighted by atomic mass is 10.1. The van der Waals surface area contributed by atoms with Gasteiger partial charge in [-0.25, -0.2) is 9.50 Å². The summed E-state index contributed by atoms with van der Waals surface area (Å²) in [6.07, 6.45) is 3.94. The van der Waals surface area contributed by atoms with Gasteiger partial charge in [0.15, 0.2) is 5.65 Å². The van der Waals surface area contributed by atoms with Crippen LogP contribution in [-0.4, -0.2) is 46.2 Å². The smallest absolute Gasteiger partial charge is 0.227 e. The molecule has 7 heteroatoms. The molecule has 3 heterocycles. The number of carbonyl (C=O) groups is 1. The van der Waals surface area contributed by atoms with Crippen molar-refractivity contribution in [3.63, 3.8) is 0 Å². The highest BCUT2D eigenvalue weighted by atomic mass is 16.5. The second-order valence-electron chi connectivity index (χ2n) is 7.03. The van der Waals surface area contributed by atoms with E-state index in [9.17, 15) is 4.79 Å². The summed E-state index contributed by atoms with van der Waals surface area (Å²) in [5, 5.41) is 4.57. The molecule has 0 bridgehead atoms. The van der Waals surface area contributed by atoms with Crippen molar-refractivity contribution in [3.8, 4) is 11.5 Å². The van der Waals surface area contributed by atoms with Gasteiger partial charge in [-0.15, -0.1) is 0 Å². The summed E-state index contributed by atoms with van der Waals surface area (Å²) >= 11 is 0. The summed E-state index contributed by atoms with van der Waals surface area (Å²) < 4.78 is 12.6. The van der Waals surface area contributed by atoms with Gasteiger partial charge >= 0.3 is 0 Å². The number of aromatic nitrogens is 3. The molecule has 7 nitrogen and oxygen atoms in total. The number of benzene rings is 1. The van der Waals surface area contributed by atoms with E-state index in [0.717, 1.165) is 42.0 Å². The molecule has 1 unspecified atom stereocenters. The lowest BCUT2D eigenvalue weighted by Crippen LogP contribution is -2.33. The van der Waals surface area contributed by atoms with Crippen molar-refractivity contribution in [2.75, 3.05) is 20.8 Å². The van der Waals surface area contributed by atoms with Crippen molar-refractivity contribution in [1.29, 1.82) is 0 Å². The first-order valence-corrected chi connectivity index (χ1v) is 9.42. The van der Waals surface area contributed by atoms with Crippen LogP contribution >= 0.6 is 0 Å². The minimum Gasteiger partial charge on any atom is -0.497 e. The molecule has 146 valence electrons. The van der Waals surface area contributed by atoms with Crippen LogP contribution in [0.5, 0.6) is 11.5 Å². The van der Waals surface area contributed by atoms with Crippen molar-refractivity contribution in [3.05, 3.63) is 53.5 Å². The Balaban J connectivity index is 1.62. The van der Waals surface area contributed by atoms with Gasteiger partial charge in [-0.2, -0.15) is 5.10 Å². The lowest BCUT2D eigenvalue weighted by Gasteiger charge is -2.25. The van der Waals surface area contributed by atoms with E-state index in [1.165, 1.54) is 0 Å². The zero-order valence-electron chi connectivity index (χ0n) is 16.4. The molecule has 4 rings (SSSR count). The zero-order valence-corrected chi connectivity index (χ0v) is 16.4. The Hall–Kier alpha value is -3.09. The Bertz CT molecular complexity index is 1010. The van der Waals surface area contributed by atoms with Crippen LogP contribution in [0.2, 0.25) is 0 Å². The van der Waals surface area contributed by atoms with E-state index in [1.54, 1.807) is 20.4 Å². The average Bonchev–Trinajstić information content (AvgIpc) is 3.33. The van der Waals surface area contributed by atoms with Gasteiger partial charge in [-0.3, -0.25) is 4.79 Å². The molecular formula is C21H24N4O3. The molecule has 28 heavy (non-hydrogen) atoms. The van der Waals surface area contributed by atoms with Crippen LogP contribution in [0.1, 0.15) is 35.8 Å². The fraction of sp³-hybridized carbons (Fsp3) is 0.381. The molecule has 0 spiro atoms. The number of rotatable bonds is 5. The molecule has 1 aromatic carbocycles. The SMILES string of the molecule is COc1ccc(OC)c(CC(=O)N2CCCC2c2ccnc3cc(C)nn23)c1. The van der Waals surface area contributed by atoms with Gasteiger partial charge in [0.05, 0.1) is 38.1 Å². The van der Waals surface area contributed by atoms with Gasteiger partial charge in [0.1, 0.15) is 11.5 Å². The first-order valence-electron chi connectivity index (χ1n) is 9.42. The van der Waals surface area contributed by atoms with Gasteiger partial charge < -0.3 is 14.4 Å². The maximum Gasteiger partial charge on any atom is 0.227 e. The Morgan fingerprint density at radius 2 is 2.07 bits per heavy atom. The van der Waals surface area contributed by atoms with E-state index < -0.39 is 0 Å². The number of carbonyl (C=O) groups excluding carboxylic acids is 1. The summed E-state index contributed by atoms with van der Waals surface area (Å²) in [7, 11) is 3.23. The predicted molar refractivity (Wildman–Crippen MR) is 105 cm³/mol. The topological polar surface area (TPSA) is 69.0 Å². The van der Waals surface area contributed by atoms with Crippen LogP contribution < -0.4 is 9.47 Å². The largest absolute Gasteiger partial charge is 0.497 e. The fourth-order valence-corrected chi connectivity index (χ4v) is 3.94. The maximum atomic E-state index is 13.2. The predicted octanol–water partition coefficient (Wildman–Crippen LogP) is 2.96. The third-order valence-corrected chi connectivity index (χ3v) is 5.25. The molecule has 0 N–H and O–H groups in total. The third kappa shape index (κ3) is 3.28. The highest BCUT2D eigenvalue weighted by Gasteiger charge is 2.32. The van der Waals surface area contributed by atoms with Gasteiger partial charge in [-0.05, 0) is 44.0 Å². The molecule has 1 amide bonds. The first-order chi connectivity index (χ1) is 13.6. The molecular weight excluding hydrogens is 356 g/mol.